The van der Waals surface area contributed by atoms with E-state index in [0.717, 1.165) is 51.6 Å². The lowest BCUT2D eigenvalue weighted by Gasteiger charge is -2.61. The molecule has 8 heterocycles. The summed E-state index contributed by atoms with van der Waals surface area (Å²) in [4.78, 5) is 0. The number of rotatable bonds is 33. The van der Waals surface area contributed by atoms with E-state index in [0.29, 0.717) is 41.4 Å². The van der Waals surface area contributed by atoms with Gasteiger partial charge in [0.15, 0.2) is 43.5 Å². The summed E-state index contributed by atoms with van der Waals surface area (Å²) in [5.74, 6) is 3.43. The predicted molar refractivity (Wildman–Crippen MR) is 388 cm³/mol. The molecule has 41 atom stereocenters. The van der Waals surface area contributed by atoms with Gasteiger partial charge in [-0.3, -0.25) is 0 Å². The minimum Gasteiger partial charge on any atom is -0.382 e. The fourth-order valence-corrected chi connectivity index (χ4v) is 22.6. The van der Waals surface area contributed by atoms with Crippen LogP contribution in [0.25, 0.3) is 0 Å². The van der Waals surface area contributed by atoms with Crippen LogP contribution < -0.4 is 0 Å². The summed E-state index contributed by atoms with van der Waals surface area (Å²) in [7, 11) is 26.7. The third kappa shape index (κ3) is 16.9. The average molecular weight is 1580 g/mol. The quantitative estimate of drug-likeness (QED) is 0.0730. The van der Waals surface area contributed by atoms with E-state index in [1.54, 1.807) is 99.5 Å². The molecule has 0 bridgehead atoms. The summed E-state index contributed by atoms with van der Waals surface area (Å²) < 4.78 is 204. The first-order valence-corrected chi connectivity index (χ1v) is 40.2. The Labute approximate surface area is 652 Å². The number of ether oxygens (including phenoxy) is 31. The van der Waals surface area contributed by atoms with Crippen LogP contribution in [0.2, 0.25) is 0 Å². The molecule has 0 N–H and O–H groups in total. The average Bonchev–Trinajstić information content (AvgIpc) is 1.61. The van der Waals surface area contributed by atoms with Crippen molar-refractivity contribution in [1.82, 2.24) is 0 Å². The number of fused-ring (bicyclic) bond motifs is 7. The van der Waals surface area contributed by atoms with E-state index in [-0.39, 0.29) is 56.1 Å². The standard InChI is InChI=1S/C79H136O31/c1-39-25-30-79(98-33-39)40(2)53-47(110-79)32-46-44-24-23-42-31-43(26-28-77(42,4)45(44)27-29-78(46,53)5)100-73-67(94-20)61(90-16)59(51(103-73)36-82-8)106-76-70(109-74-68(95-21)62(91-17)58(52(104-74)37-83-9)105-72-66(93-19)60(89-15)54(85-11)41(3)99-72)64(57(88-14)50(102-76)35-81-7)108-75-69(96-22)63(56(87-13)49(101-75)34-80-6)107-71-65(92-18)55(86-12)48(84-10)38-97-71/h39-76H,23-38H2,1-22H3/t39-,40?,41+,42+,43+,44-,45+,46+,47?,48-,49-,50-,51-,52-,53?,54+,55+,56-,57-,58-,59+,60-,61+,62+,63+,64+,65-,66-,67-,68-,69-,70-,71+,72+,73-,74+,75+,76+,77+,78+,79-/m1/s1. The highest BCUT2D eigenvalue weighted by Crippen LogP contribution is 2.72. The van der Waals surface area contributed by atoms with Crippen molar-refractivity contribution < 1.29 is 147 Å². The lowest BCUT2D eigenvalue weighted by molar-refractivity contribution is -0.417. The molecule has 8 saturated heterocycles. The second-order valence-corrected chi connectivity index (χ2v) is 33.3. The van der Waals surface area contributed by atoms with Gasteiger partial charge in [-0.15, -0.1) is 0 Å². The van der Waals surface area contributed by atoms with Crippen molar-refractivity contribution >= 4 is 0 Å². The Morgan fingerprint density at radius 1 is 0.336 bits per heavy atom. The van der Waals surface area contributed by atoms with Gasteiger partial charge in [0.05, 0.1) is 58.0 Å². The van der Waals surface area contributed by atoms with E-state index in [4.69, 9.17) is 147 Å². The molecule has 31 heteroatoms. The summed E-state index contributed by atoms with van der Waals surface area (Å²) >= 11 is 0. The van der Waals surface area contributed by atoms with Crippen LogP contribution in [-0.4, -0.2) is 357 Å². The van der Waals surface area contributed by atoms with Crippen LogP contribution in [0, 0.1) is 52.3 Å². The van der Waals surface area contributed by atoms with Crippen molar-refractivity contribution in [2.75, 3.05) is 161 Å². The van der Waals surface area contributed by atoms with Crippen LogP contribution in [0.5, 0.6) is 0 Å². The van der Waals surface area contributed by atoms with Gasteiger partial charge in [-0.25, -0.2) is 0 Å². The van der Waals surface area contributed by atoms with Gasteiger partial charge in [0.25, 0.3) is 0 Å². The van der Waals surface area contributed by atoms with Crippen molar-refractivity contribution in [3.05, 3.63) is 0 Å². The summed E-state index contributed by atoms with van der Waals surface area (Å²) in [5, 5.41) is 0. The van der Waals surface area contributed by atoms with Gasteiger partial charge in [-0.1, -0.05) is 27.7 Å². The van der Waals surface area contributed by atoms with Gasteiger partial charge in [-0.2, -0.15) is 0 Å². The SMILES string of the molecule is COC[C@H]1O[C@@H](O[C@H]2CC[C@@]3(C)[C@@H](CC[C@@H]4[C@@H]3CC[C@]3(C)C5C(C[C@@H]43)O[C@]3(CC[C@@H](C)CO3)C5C)C2)[C@H](OC)[C@@H](OC)[C@H]1O[C@@H]1O[C@H](COC)[C@@H](OC)[C@H](O[C@@H]2O[C@H](COC)[C@@H](OC)[C@H](O[C@@H]3OC[C@@H](OC)[C@H](OC)[C@H]3OC)[C@H]2OC)[C@H]1O[C@@H]1O[C@H](COC)[C@@H](O[C@@H]2O[C@@H](C)[C@H](OC)[C@@H](OC)[C@H]2OC)[C@H](OC)[C@H]1OC. The first-order valence-electron chi connectivity index (χ1n) is 40.2. The third-order valence-corrected chi connectivity index (χ3v) is 28.0. The maximum Gasteiger partial charge on any atom is 0.187 e. The molecule has 0 aromatic heterocycles. The first-order chi connectivity index (χ1) is 53.2. The summed E-state index contributed by atoms with van der Waals surface area (Å²) in [6.07, 6.45) is -16.2. The maximum absolute atomic E-state index is 7.53. The van der Waals surface area contributed by atoms with Crippen LogP contribution in [-0.2, 0) is 147 Å². The molecule has 110 heavy (non-hydrogen) atoms. The Hall–Kier alpha value is -1.24. The molecule has 4 aliphatic carbocycles. The molecule has 3 unspecified atom stereocenters. The zero-order valence-corrected chi connectivity index (χ0v) is 69.4. The maximum atomic E-state index is 7.53. The van der Waals surface area contributed by atoms with E-state index < -0.39 is 184 Å². The van der Waals surface area contributed by atoms with Crippen molar-refractivity contribution in [2.45, 2.75) is 295 Å². The fraction of sp³-hybridized carbons (Fsp3) is 1.00. The Balaban J connectivity index is 0.844. The monoisotopic (exact) mass is 1580 g/mol. The minimum absolute atomic E-state index is 0.0182. The number of methoxy groups -OCH3 is 17. The van der Waals surface area contributed by atoms with Gasteiger partial charge < -0.3 is 147 Å². The van der Waals surface area contributed by atoms with E-state index in [1.165, 1.54) is 40.6 Å². The highest BCUT2D eigenvalue weighted by atomic mass is 16.8. The van der Waals surface area contributed by atoms with Crippen molar-refractivity contribution in [2.24, 2.45) is 52.3 Å². The number of hydrogen-bond acceptors (Lipinski definition) is 31. The molecule has 0 aromatic rings. The zero-order valence-electron chi connectivity index (χ0n) is 69.4. The van der Waals surface area contributed by atoms with E-state index in [9.17, 15) is 0 Å². The molecule has 31 nitrogen and oxygen atoms in total. The van der Waals surface area contributed by atoms with Crippen molar-refractivity contribution in [3.8, 4) is 0 Å². The molecule has 0 aromatic carbocycles. The van der Waals surface area contributed by atoms with Crippen LogP contribution in [0.15, 0.2) is 0 Å². The van der Waals surface area contributed by atoms with Crippen molar-refractivity contribution in [1.29, 1.82) is 0 Å². The van der Waals surface area contributed by atoms with Crippen LogP contribution in [0.1, 0.15) is 98.8 Å². The molecular weight excluding hydrogens is 1440 g/mol. The first kappa shape index (κ1) is 88.1. The third-order valence-electron chi connectivity index (χ3n) is 28.0. The molecule has 638 valence electrons. The van der Waals surface area contributed by atoms with E-state index in [1.807, 2.05) is 6.92 Å². The molecular formula is C79H136O31. The Morgan fingerprint density at radius 3 is 1.25 bits per heavy atom. The summed E-state index contributed by atoms with van der Waals surface area (Å²) in [6.45, 7) is 12.7. The fourth-order valence-electron chi connectivity index (χ4n) is 22.6. The highest BCUT2D eigenvalue weighted by molar-refractivity contribution is 5.16. The van der Waals surface area contributed by atoms with Gasteiger partial charge in [0.2, 0.25) is 0 Å². The Bertz CT molecular complexity index is 2760. The lowest BCUT2D eigenvalue weighted by Crippen LogP contribution is -2.70. The highest BCUT2D eigenvalue weighted by Gasteiger charge is 2.70. The molecule has 12 aliphatic rings. The van der Waals surface area contributed by atoms with Crippen LogP contribution in [0.3, 0.4) is 0 Å². The van der Waals surface area contributed by atoms with Crippen LogP contribution >= 0.6 is 0 Å². The largest absolute Gasteiger partial charge is 0.382 e. The Morgan fingerprint density at radius 2 is 0.764 bits per heavy atom. The molecule has 8 aliphatic heterocycles. The smallest absolute Gasteiger partial charge is 0.187 e. The van der Waals surface area contributed by atoms with Gasteiger partial charge >= 0.3 is 0 Å². The van der Waals surface area contributed by atoms with E-state index >= 15 is 0 Å². The topological polar surface area (TPSA) is 286 Å². The Kier molecular flexibility index (Phi) is 31.1. The molecule has 12 rings (SSSR count). The molecule has 4 saturated carbocycles. The van der Waals surface area contributed by atoms with Gasteiger partial charge in [-0.05, 0) is 111 Å². The summed E-state index contributed by atoms with van der Waals surface area (Å²) in [6, 6.07) is 0. The lowest BCUT2D eigenvalue weighted by atomic mass is 9.44. The van der Waals surface area contributed by atoms with E-state index in [2.05, 4.69) is 27.7 Å². The van der Waals surface area contributed by atoms with Crippen molar-refractivity contribution in [3.63, 3.8) is 0 Å². The van der Waals surface area contributed by atoms with Crippen LogP contribution in [0.4, 0.5) is 0 Å². The molecule has 1 spiro atoms. The predicted octanol–water partition coefficient (Wildman–Crippen LogP) is 5.53. The summed E-state index contributed by atoms with van der Waals surface area (Å²) in [5.41, 5.74) is 0.398. The van der Waals surface area contributed by atoms with Gasteiger partial charge in [0.1, 0.15) is 134 Å². The number of hydrogen-bond donors (Lipinski definition) is 0. The second kappa shape index (κ2) is 38.9. The normalized spacial score (nSPS) is 50.5. The molecule has 0 amide bonds. The van der Waals surface area contributed by atoms with Gasteiger partial charge in [0, 0.05) is 133 Å². The molecule has 12 fully saturated rings. The molecule has 0 radical (unpaired) electrons. The zero-order chi connectivity index (χ0) is 78.7. The second-order valence-electron chi connectivity index (χ2n) is 33.3. The minimum atomic E-state index is -1.45.